The maximum Gasteiger partial charge on any atom is 0.258 e. The van der Waals surface area contributed by atoms with Crippen molar-refractivity contribution in [1.29, 1.82) is 0 Å². The predicted octanol–water partition coefficient (Wildman–Crippen LogP) is 3.53. The third-order valence-electron chi connectivity index (χ3n) is 4.68. The fourth-order valence-corrected chi connectivity index (χ4v) is 3.58. The van der Waals surface area contributed by atoms with Crippen LogP contribution in [0.3, 0.4) is 0 Å². The van der Waals surface area contributed by atoms with Crippen molar-refractivity contribution in [1.82, 2.24) is 4.90 Å². The van der Waals surface area contributed by atoms with Crippen LogP contribution < -0.4 is 11.1 Å². The van der Waals surface area contributed by atoms with Crippen molar-refractivity contribution in [2.75, 3.05) is 18.4 Å². The molecule has 2 amide bonds. The fourth-order valence-electron chi connectivity index (χ4n) is 3.58. The fraction of sp³-hybridized carbons (Fsp3) is 0.400. The number of hydrogen-bond donors (Lipinski definition) is 2. The first-order valence-corrected chi connectivity index (χ1v) is 8.95. The summed E-state index contributed by atoms with van der Waals surface area (Å²) in [4.78, 5) is 27.4. The molecule has 3 N–H and O–H groups in total. The first kappa shape index (κ1) is 21.0. The molecule has 2 aromatic rings. The number of likely N-dealkylation sites (tertiary alicyclic amines) is 1. The van der Waals surface area contributed by atoms with Gasteiger partial charge in [0.1, 0.15) is 12.0 Å². The van der Waals surface area contributed by atoms with Gasteiger partial charge in [0, 0.05) is 13.1 Å². The van der Waals surface area contributed by atoms with Crippen molar-refractivity contribution in [2.24, 2.45) is 17.6 Å². The van der Waals surface area contributed by atoms with Crippen LogP contribution in [0.25, 0.3) is 0 Å². The molecule has 0 saturated carbocycles. The second kappa shape index (κ2) is 9.06. The Hall–Kier alpha value is -2.31. The average Bonchev–Trinajstić information content (AvgIpc) is 3.10. The number of anilines is 1. The SMILES string of the molecule is CC1CC(C)CN(C(=O)c2ccccc2NC(=O)c2coc(CN)c2)C1.Cl. The molecule has 3 rings (SSSR count). The Bertz CT molecular complexity index is 795. The number of amides is 2. The molecule has 0 radical (unpaired) electrons. The molecule has 1 saturated heterocycles. The second-order valence-electron chi connectivity index (χ2n) is 7.16. The largest absolute Gasteiger partial charge is 0.467 e. The highest BCUT2D eigenvalue weighted by Gasteiger charge is 2.27. The molecule has 1 aromatic carbocycles. The Balaban J connectivity index is 0.00000261. The third-order valence-corrected chi connectivity index (χ3v) is 4.68. The summed E-state index contributed by atoms with van der Waals surface area (Å²) in [7, 11) is 0. The maximum atomic E-state index is 13.0. The van der Waals surface area contributed by atoms with Crippen LogP contribution in [-0.4, -0.2) is 29.8 Å². The lowest BCUT2D eigenvalue weighted by Gasteiger charge is -2.35. The lowest BCUT2D eigenvalue weighted by Crippen LogP contribution is -2.42. The zero-order chi connectivity index (χ0) is 18.7. The number of rotatable bonds is 4. The molecule has 0 aliphatic carbocycles. The van der Waals surface area contributed by atoms with Crippen molar-refractivity contribution in [3.63, 3.8) is 0 Å². The maximum absolute atomic E-state index is 13.0. The highest BCUT2D eigenvalue weighted by molar-refractivity contribution is 6.08. The average molecular weight is 392 g/mol. The van der Waals surface area contributed by atoms with Gasteiger partial charge in [-0.15, -0.1) is 12.4 Å². The predicted molar refractivity (Wildman–Crippen MR) is 107 cm³/mol. The standard InChI is InChI=1S/C20H25N3O3.ClH/c1-13-7-14(2)11-23(10-13)20(25)17-5-3-4-6-18(17)22-19(24)15-8-16(9-21)26-12-15;/h3-6,8,12-14H,7,9-11,21H2,1-2H3,(H,22,24);1H. The Morgan fingerprint density at radius 3 is 2.52 bits per heavy atom. The number of nitrogens with zero attached hydrogens (tertiary/aromatic N) is 1. The topological polar surface area (TPSA) is 88.6 Å². The number of nitrogens with one attached hydrogen (secondary N) is 1. The summed E-state index contributed by atoms with van der Waals surface area (Å²) < 4.78 is 5.21. The number of halogens is 1. The van der Waals surface area contributed by atoms with E-state index in [4.69, 9.17) is 10.2 Å². The molecule has 2 atom stereocenters. The van der Waals surface area contributed by atoms with E-state index in [0.29, 0.717) is 34.4 Å². The molecule has 2 heterocycles. The van der Waals surface area contributed by atoms with Crippen LogP contribution in [0.2, 0.25) is 0 Å². The minimum atomic E-state index is -0.325. The van der Waals surface area contributed by atoms with Crippen LogP contribution in [0.1, 0.15) is 46.7 Å². The summed E-state index contributed by atoms with van der Waals surface area (Å²) in [5.41, 5.74) is 6.90. The molecular weight excluding hydrogens is 366 g/mol. The molecule has 0 bridgehead atoms. The number of carbonyl (C=O) groups excluding carboxylic acids is 2. The number of hydrogen-bond acceptors (Lipinski definition) is 4. The van der Waals surface area contributed by atoms with Crippen molar-refractivity contribution in [3.8, 4) is 0 Å². The van der Waals surface area contributed by atoms with E-state index in [0.717, 1.165) is 19.5 Å². The first-order chi connectivity index (χ1) is 12.5. The van der Waals surface area contributed by atoms with E-state index in [1.54, 1.807) is 24.3 Å². The number of para-hydroxylation sites is 1. The smallest absolute Gasteiger partial charge is 0.258 e. The Kier molecular flexibility index (Phi) is 7.05. The highest BCUT2D eigenvalue weighted by Crippen LogP contribution is 2.25. The molecule has 146 valence electrons. The molecule has 6 nitrogen and oxygen atoms in total. The van der Waals surface area contributed by atoms with Crippen molar-refractivity contribution >= 4 is 29.9 Å². The minimum absolute atomic E-state index is 0. The summed E-state index contributed by atoms with van der Waals surface area (Å²) in [6, 6.07) is 8.71. The zero-order valence-electron chi connectivity index (χ0n) is 15.6. The molecule has 1 aliphatic heterocycles. The molecule has 2 unspecified atom stereocenters. The molecule has 1 aliphatic rings. The second-order valence-corrected chi connectivity index (χ2v) is 7.16. The van der Waals surface area contributed by atoms with Gasteiger partial charge in [-0.05, 0) is 36.5 Å². The van der Waals surface area contributed by atoms with Crippen LogP contribution in [0.4, 0.5) is 5.69 Å². The zero-order valence-corrected chi connectivity index (χ0v) is 16.4. The lowest BCUT2D eigenvalue weighted by atomic mass is 9.91. The van der Waals surface area contributed by atoms with Gasteiger partial charge < -0.3 is 20.4 Å². The summed E-state index contributed by atoms with van der Waals surface area (Å²) in [5.74, 6) is 1.12. The molecule has 7 heteroatoms. The van der Waals surface area contributed by atoms with Gasteiger partial charge in [0.15, 0.2) is 0 Å². The number of carbonyl (C=O) groups is 2. The van der Waals surface area contributed by atoms with Gasteiger partial charge in [0.25, 0.3) is 11.8 Å². The molecule has 0 spiro atoms. The van der Waals surface area contributed by atoms with Crippen LogP contribution in [0.5, 0.6) is 0 Å². The van der Waals surface area contributed by atoms with E-state index < -0.39 is 0 Å². The molecular formula is C20H26ClN3O3. The molecule has 1 fully saturated rings. The lowest BCUT2D eigenvalue weighted by molar-refractivity contribution is 0.0624. The van der Waals surface area contributed by atoms with E-state index in [2.05, 4.69) is 19.2 Å². The van der Waals surface area contributed by atoms with Crippen molar-refractivity contribution in [2.45, 2.75) is 26.8 Å². The minimum Gasteiger partial charge on any atom is -0.467 e. The van der Waals surface area contributed by atoms with E-state index in [1.165, 1.54) is 6.26 Å². The Labute approximate surface area is 165 Å². The van der Waals surface area contributed by atoms with Crippen molar-refractivity contribution in [3.05, 3.63) is 53.5 Å². The summed E-state index contributed by atoms with van der Waals surface area (Å²) in [5, 5.41) is 2.82. The van der Waals surface area contributed by atoms with Gasteiger partial charge in [-0.2, -0.15) is 0 Å². The van der Waals surface area contributed by atoms with E-state index in [9.17, 15) is 9.59 Å². The van der Waals surface area contributed by atoms with Gasteiger partial charge in [-0.3, -0.25) is 9.59 Å². The van der Waals surface area contributed by atoms with Crippen molar-refractivity contribution < 1.29 is 14.0 Å². The van der Waals surface area contributed by atoms with Crippen LogP contribution >= 0.6 is 12.4 Å². The van der Waals surface area contributed by atoms with E-state index in [-0.39, 0.29) is 30.8 Å². The highest BCUT2D eigenvalue weighted by atomic mass is 35.5. The monoisotopic (exact) mass is 391 g/mol. The summed E-state index contributed by atoms with van der Waals surface area (Å²) >= 11 is 0. The van der Waals surface area contributed by atoms with Gasteiger partial charge >= 0.3 is 0 Å². The normalized spacial score (nSPS) is 19.3. The van der Waals surface area contributed by atoms with Gasteiger partial charge in [-0.25, -0.2) is 0 Å². The van der Waals surface area contributed by atoms with Gasteiger partial charge in [-0.1, -0.05) is 26.0 Å². The molecule has 1 aromatic heterocycles. The quantitative estimate of drug-likeness (QED) is 0.834. The Morgan fingerprint density at radius 2 is 1.89 bits per heavy atom. The third kappa shape index (κ3) is 4.90. The van der Waals surface area contributed by atoms with Crippen LogP contribution in [0.15, 0.2) is 41.0 Å². The number of furan rings is 1. The van der Waals surface area contributed by atoms with Crippen LogP contribution in [-0.2, 0) is 6.54 Å². The number of benzene rings is 1. The number of nitrogens with two attached hydrogens (primary N) is 1. The first-order valence-electron chi connectivity index (χ1n) is 8.95. The van der Waals surface area contributed by atoms with E-state index >= 15 is 0 Å². The number of piperidine rings is 1. The summed E-state index contributed by atoms with van der Waals surface area (Å²) in [6.07, 6.45) is 2.50. The van der Waals surface area contributed by atoms with Gasteiger partial charge in [0.05, 0.1) is 23.4 Å². The summed E-state index contributed by atoms with van der Waals surface area (Å²) in [6.45, 7) is 6.04. The Morgan fingerprint density at radius 1 is 1.22 bits per heavy atom. The molecule has 27 heavy (non-hydrogen) atoms. The van der Waals surface area contributed by atoms with E-state index in [1.807, 2.05) is 11.0 Å². The van der Waals surface area contributed by atoms with Gasteiger partial charge in [0.2, 0.25) is 0 Å². The van der Waals surface area contributed by atoms with Crippen LogP contribution in [0, 0.1) is 11.8 Å².